The van der Waals surface area contributed by atoms with Crippen molar-refractivity contribution in [1.82, 2.24) is 4.90 Å². The molecule has 4 nitrogen and oxygen atoms in total. The third-order valence-corrected chi connectivity index (χ3v) is 3.43. The summed E-state index contributed by atoms with van der Waals surface area (Å²) in [6, 6.07) is 5.65. The van der Waals surface area contributed by atoms with Crippen molar-refractivity contribution in [3.63, 3.8) is 0 Å². The summed E-state index contributed by atoms with van der Waals surface area (Å²) in [6.07, 6.45) is 2.41. The van der Waals surface area contributed by atoms with E-state index in [0.29, 0.717) is 13.0 Å². The molecule has 0 bridgehead atoms. The molecule has 1 aliphatic heterocycles. The van der Waals surface area contributed by atoms with Gasteiger partial charge in [-0.05, 0) is 12.1 Å². The van der Waals surface area contributed by atoms with E-state index in [1.54, 1.807) is 14.2 Å². The van der Waals surface area contributed by atoms with Crippen molar-refractivity contribution in [3.05, 3.63) is 36.4 Å². The Balaban J connectivity index is 2.15. The number of carbonyl (C=O) groups excluding carboxylic acids is 1. The molecule has 102 valence electrons. The molecule has 1 heterocycles. The van der Waals surface area contributed by atoms with Crippen molar-refractivity contribution < 1.29 is 14.3 Å². The summed E-state index contributed by atoms with van der Waals surface area (Å²) < 4.78 is 10.5. The molecule has 1 aliphatic rings. The molecule has 19 heavy (non-hydrogen) atoms. The minimum absolute atomic E-state index is 0.169. The molecule has 1 aromatic carbocycles. The Morgan fingerprint density at radius 1 is 1.42 bits per heavy atom. The third kappa shape index (κ3) is 2.89. The summed E-state index contributed by atoms with van der Waals surface area (Å²) in [5, 5.41) is 0. The number of ether oxygens (including phenoxy) is 2. The van der Waals surface area contributed by atoms with Crippen LogP contribution < -0.4 is 9.47 Å². The smallest absolute Gasteiger partial charge is 0.223 e. The number of amides is 1. The topological polar surface area (TPSA) is 38.8 Å². The number of carbonyl (C=O) groups is 1. The van der Waals surface area contributed by atoms with E-state index < -0.39 is 0 Å². The van der Waals surface area contributed by atoms with Crippen molar-refractivity contribution in [2.24, 2.45) is 5.92 Å². The normalized spacial score (nSPS) is 18.5. The van der Waals surface area contributed by atoms with Gasteiger partial charge in [0.2, 0.25) is 5.91 Å². The van der Waals surface area contributed by atoms with Crippen LogP contribution in [0.2, 0.25) is 0 Å². The minimum Gasteiger partial charge on any atom is -0.497 e. The number of nitrogens with zero attached hydrogens (tertiary/aromatic N) is 1. The predicted molar refractivity (Wildman–Crippen MR) is 73.3 cm³/mol. The number of hydrogen-bond acceptors (Lipinski definition) is 3. The number of rotatable bonds is 5. The lowest BCUT2D eigenvalue weighted by atomic mass is 10.1. The van der Waals surface area contributed by atoms with Gasteiger partial charge in [-0.3, -0.25) is 4.79 Å². The SMILES string of the molecule is C=CC1CC(=O)N(Cc2ccc(OC)cc2OC)C1. The quantitative estimate of drug-likeness (QED) is 0.763. The highest BCUT2D eigenvalue weighted by molar-refractivity contribution is 5.79. The van der Waals surface area contributed by atoms with Crippen LogP contribution in [-0.4, -0.2) is 31.6 Å². The van der Waals surface area contributed by atoms with Gasteiger partial charge in [0.15, 0.2) is 0 Å². The molecule has 1 amide bonds. The zero-order chi connectivity index (χ0) is 13.8. The standard InChI is InChI=1S/C15H19NO3/c1-4-11-7-15(17)16(9-11)10-12-5-6-13(18-2)8-14(12)19-3/h4-6,8,11H,1,7,9-10H2,2-3H3. The van der Waals surface area contributed by atoms with Gasteiger partial charge in [-0.15, -0.1) is 6.58 Å². The summed E-state index contributed by atoms with van der Waals surface area (Å²) in [4.78, 5) is 13.7. The minimum atomic E-state index is 0.169. The monoisotopic (exact) mass is 261 g/mol. The van der Waals surface area contributed by atoms with Crippen molar-refractivity contribution >= 4 is 5.91 Å². The molecule has 2 rings (SSSR count). The van der Waals surface area contributed by atoms with Gasteiger partial charge in [0.25, 0.3) is 0 Å². The Bertz CT molecular complexity index is 484. The first-order valence-electron chi connectivity index (χ1n) is 6.29. The molecular formula is C15H19NO3. The van der Waals surface area contributed by atoms with E-state index in [0.717, 1.165) is 23.6 Å². The highest BCUT2D eigenvalue weighted by atomic mass is 16.5. The summed E-state index contributed by atoms with van der Waals surface area (Å²) in [7, 11) is 3.24. The second kappa shape index (κ2) is 5.78. The van der Waals surface area contributed by atoms with Crippen LogP contribution in [0, 0.1) is 5.92 Å². The first kappa shape index (κ1) is 13.5. The maximum Gasteiger partial charge on any atom is 0.223 e. The fourth-order valence-electron chi connectivity index (χ4n) is 2.30. The van der Waals surface area contributed by atoms with Crippen molar-refractivity contribution in [3.8, 4) is 11.5 Å². The van der Waals surface area contributed by atoms with E-state index >= 15 is 0 Å². The van der Waals surface area contributed by atoms with Crippen LogP contribution >= 0.6 is 0 Å². The molecular weight excluding hydrogens is 242 g/mol. The summed E-state index contributed by atoms with van der Waals surface area (Å²) >= 11 is 0. The van der Waals surface area contributed by atoms with E-state index in [9.17, 15) is 4.79 Å². The fraction of sp³-hybridized carbons (Fsp3) is 0.400. The van der Waals surface area contributed by atoms with E-state index in [2.05, 4.69) is 6.58 Å². The van der Waals surface area contributed by atoms with Crippen molar-refractivity contribution in [2.75, 3.05) is 20.8 Å². The van der Waals surface area contributed by atoms with Crippen LogP contribution in [0.1, 0.15) is 12.0 Å². The van der Waals surface area contributed by atoms with Gasteiger partial charge in [0.05, 0.1) is 14.2 Å². The second-order valence-corrected chi connectivity index (χ2v) is 4.65. The van der Waals surface area contributed by atoms with E-state index in [-0.39, 0.29) is 11.8 Å². The first-order chi connectivity index (χ1) is 9.17. The number of benzene rings is 1. The van der Waals surface area contributed by atoms with Gasteiger partial charge in [-0.1, -0.05) is 6.08 Å². The number of methoxy groups -OCH3 is 2. The predicted octanol–water partition coefficient (Wildman–Crippen LogP) is 2.24. The molecule has 0 aromatic heterocycles. The Morgan fingerprint density at radius 3 is 2.79 bits per heavy atom. The van der Waals surface area contributed by atoms with Crippen LogP contribution in [0.3, 0.4) is 0 Å². The Hall–Kier alpha value is -1.97. The van der Waals surface area contributed by atoms with Crippen LogP contribution in [0.25, 0.3) is 0 Å². The van der Waals surface area contributed by atoms with Crippen molar-refractivity contribution in [2.45, 2.75) is 13.0 Å². The van der Waals surface area contributed by atoms with Gasteiger partial charge >= 0.3 is 0 Å². The van der Waals surface area contributed by atoms with Gasteiger partial charge < -0.3 is 14.4 Å². The lowest BCUT2D eigenvalue weighted by molar-refractivity contribution is -0.128. The summed E-state index contributed by atoms with van der Waals surface area (Å²) in [5.74, 6) is 1.92. The molecule has 1 saturated heterocycles. The van der Waals surface area contributed by atoms with E-state index in [1.807, 2.05) is 29.2 Å². The molecule has 1 unspecified atom stereocenters. The summed E-state index contributed by atoms with van der Waals surface area (Å²) in [5.41, 5.74) is 0.987. The first-order valence-corrected chi connectivity index (χ1v) is 6.29. The van der Waals surface area contributed by atoms with Crippen LogP contribution in [0.5, 0.6) is 11.5 Å². The van der Waals surface area contributed by atoms with Gasteiger partial charge in [0.1, 0.15) is 11.5 Å². The average molecular weight is 261 g/mol. The second-order valence-electron chi connectivity index (χ2n) is 4.65. The Kier molecular flexibility index (Phi) is 4.10. The molecule has 0 radical (unpaired) electrons. The maximum absolute atomic E-state index is 11.9. The average Bonchev–Trinajstić information content (AvgIpc) is 2.80. The van der Waals surface area contributed by atoms with Crippen LogP contribution in [0.4, 0.5) is 0 Å². The largest absolute Gasteiger partial charge is 0.497 e. The summed E-state index contributed by atoms with van der Waals surface area (Å²) in [6.45, 7) is 5.05. The molecule has 0 saturated carbocycles. The van der Waals surface area contributed by atoms with Crippen LogP contribution in [-0.2, 0) is 11.3 Å². The zero-order valence-electron chi connectivity index (χ0n) is 11.4. The maximum atomic E-state index is 11.9. The zero-order valence-corrected chi connectivity index (χ0v) is 11.4. The van der Waals surface area contributed by atoms with E-state index in [4.69, 9.17) is 9.47 Å². The third-order valence-electron chi connectivity index (χ3n) is 3.43. The fourth-order valence-corrected chi connectivity index (χ4v) is 2.30. The highest BCUT2D eigenvalue weighted by Crippen LogP contribution is 2.28. The van der Waals surface area contributed by atoms with E-state index in [1.165, 1.54) is 0 Å². The Labute approximate surface area is 113 Å². The molecule has 0 aliphatic carbocycles. The van der Waals surface area contributed by atoms with Crippen molar-refractivity contribution in [1.29, 1.82) is 0 Å². The molecule has 1 fully saturated rings. The highest BCUT2D eigenvalue weighted by Gasteiger charge is 2.28. The molecule has 0 N–H and O–H groups in total. The van der Waals surface area contributed by atoms with Gasteiger partial charge in [-0.25, -0.2) is 0 Å². The number of hydrogen-bond donors (Lipinski definition) is 0. The van der Waals surface area contributed by atoms with Gasteiger partial charge in [0, 0.05) is 37.1 Å². The molecule has 1 aromatic rings. The number of likely N-dealkylation sites (tertiary alicyclic amines) is 1. The van der Waals surface area contributed by atoms with Crippen LogP contribution in [0.15, 0.2) is 30.9 Å². The molecule has 0 spiro atoms. The lowest BCUT2D eigenvalue weighted by Gasteiger charge is -2.18. The molecule has 1 atom stereocenters. The van der Waals surface area contributed by atoms with Gasteiger partial charge in [-0.2, -0.15) is 0 Å². The Morgan fingerprint density at radius 2 is 2.21 bits per heavy atom. The molecule has 4 heteroatoms. The lowest BCUT2D eigenvalue weighted by Crippen LogP contribution is -2.24.